The number of morpholine rings is 1. The first-order chi connectivity index (χ1) is 18.6. The van der Waals surface area contributed by atoms with Gasteiger partial charge in [0.15, 0.2) is 5.82 Å². The van der Waals surface area contributed by atoms with Crippen LogP contribution in [-0.4, -0.2) is 57.4 Å². The summed E-state index contributed by atoms with van der Waals surface area (Å²) in [6.45, 7) is 0.498. The number of hydrogen-bond donors (Lipinski definition) is 1. The van der Waals surface area contributed by atoms with Crippen LogP contribution in [0.25, 0.3) is 11.4 Å². The fourth-order valence-electron chi connectivity index (χ4n) is 4.47. The molecule has 1 aromatic heterocycles. The van der Waals surface area contributed by atoms with Crippen molar-refractivity contribution in [2.45, 2.75) is 37.6 Å². The highest BCUT2D eigenvalue weighted by Crippen LogP contribution is 2.36. The second-order valence-electron chi connectivity index (χ2n) is 9.43. The number of benzene rings is 2. The lowest BCUT2D eigenvalue weighted by Crippen LogP contribution is -2.48. The van der Waals surface area contributed by atoms with E-state index in [9.17, 15) is 27.6 Å². The Kier molecular flexibility index (Phi) is 7.50. The van der Waals surface area contributed by atoms with Crippen LogP contribution in [0.5, 0.6) is 0 Å². The standard InChI is InChI=1S/C26H25ClF3N5O4/c27-19-6-4-16(5-7-19)23-32-34(25(38)35(23)20-8-9-20)15-21(36)31-22(24(37)33-10-12-39-13-11-33)17-2-1-3-18(14-17)26(28,29)30/h1-7,14,20,22H,8-13,15H2,(H,31,36). The molecular formula is C26H25ClF3N5O4. The van der Waals surface area contributed by atoms with Gasteiger partial charge in [0.25, 0.3) is 0 Å². The van der Waals surface area contributed by atoms with Crippen molar-refractivity contribution < 1.29 is 27.5 Å². The molecule has 0 radical (unpaired) electrons. The van der Waals surface area contributed by atoms with Gasteiger partial charge in [-0.25, -0.2) is 9.48 Å². The molecule has 1 saturated heterocycles. The Labute approximate surface area is 226 Å². The van der Waals surface area contributed by atoms with Crippen molar-refractivity contribution in [3.63, 3.8) is 0 Å². The van der Waals surface area contributed by atoms with Crippen LogP contribution in [0.15, 0.2) is 53.3 Å². The molecule has 1 saturated carbocycles. The Bertz CT molecular complexity index is 1430. The number of rotatable bonds is 7. The topological polar surface area (TPSA) is 98.5 Å². The van der Waals surface area contributed by atoms with E-state index in [-0.39, 0.29) is 37.9 Å². The molecule has 206 valence electrons. The van der Waals surface area contributed by atoms with Crippen LogP contribution in [0.2, 0.25) is 5.02 Å². The number of nitrogens with zero attached hydrogens (tertiary/aromatic N) is 4. The van der Waals surface area contributed by atoms with Crippen LogP contribution < -0.4 is 11.0 Å². The van der Waals surface area contributed by atoms with Gasteiger partial charge in [-0.05, 0) is 54.8 Å². The minimum atomic E-state index is -4.63. The maximum Gasteiger partial charge on any atom is 0.416 e. The SMILES string of the molecule is O=C(Cn1nc(-c2ccc(Cl)cc2)n(C2CC2)c1=O)NC(C(=O)N1CCOCC1)c1cccc(C(F)(F)F)c1. The van der Waals surface area contributed by atoms with E-state index in [1.165, 1.54) is 21.6 Å². The molecule has 5 rings (SSSR count). The highest BCUT2D eigenvalue weighted by atomic mass is 35.5. The number of nitrogens with one attached hydrogen (secondary N) is 1. The van der Waals surface area contributed by atoms with E-state index in [1.807, 2.05) is 0 Å². The quantitative estimate of drug-likeness (QED) is 0.475. The third-order valence-electron chi connectivity index (χ3n) is 6.60. The van der Waals surface area contributed by atoms with Crippen LogP contribution in [-0.2, 0) is 27.0 Å². The second-order valence-corrected chi connectivity index (χ2v) is 9.87. The highest BCUT2D eigenvalue weighted by Gasteiger charge is 2.35. The summed E-state index contributed by atoms with van der Waals surface area (Å²) in [5, 5.41) is 7.43. The maximum absolute atomic E-state index is 13.4. The van der Waals surface area contributed by atoms with Crippen molar-refractivity contribution in [2.24, 2.45) is 0 Å². The van der Waals surface area contributed by atoms with Crippen LogP contribution in [0.3, 0.4) is 0 Å². The van der Waals surface area contributed by atoms with Crippen molar-refractivity contribution in [2.75, 3.05) is 26.3 Å². The molecule has 1 N–H and O–H groups in total. The molecule has 3 aromatic rings. The van der Waals surface area contributed by atoms with E-state index >= 15 is 0 Å². The van der Waals surface area contributed by atoms with E-state index in [4.69, 9.17) is 16.3 Å². The van der Waals surface area contributed by atoms with Gasteiger partial charge < -0.3 is 15.0 Å². The summed E-state index contributed by atoms with van der Waals surface area (Å²) in [6.07, 6.45) is -3.04. The van der Waals surface area contributed by atoms with Crippen LogP contribution in [0, 0.1) is 0 Å². The Morgan fingerprint density at radius 1 is 1.10 bits per heavy atom. The number of amides is 2. The van der Waals surface area contributed by atoms with Gasteiger partial charge in [0.1, 0.15) is 12.6 Å². The summed E-state index contributed by atoms with van der Waals surface area (Å²) < 4.78 is 48.0. The zero-order valence-electron chi connectivity index (χ0n) is 20.7. The summed E-state index contributed by atoms with van der Waals surface area (Å²) in [6, 6.07) is 9.61. The molecule has 2 aromatic carbocycles. The summed E-state index contributed by atoms with van der Waals surface area (Å²) in [5.41, 5.74) is -0.812. The summed E-state index contributed by atoms with van der Waals surface area (Å²) in [5.74, 6) is -0.932. The van der Waals surface area contributed by atoms with Gasteiger partial charge in [0.2, 0.25) is 11.8 Å². The van der Waals surface area contributed by atoms with Crippen molar-refractivity contribution in [1.82, 2.24) is 24.6 Å². The molecule has 1 aliphatic heterocycles. The predicted molar refractivity (Wildman–Crippen MR) is 135 cm³/mol. The Morgan fingerprint density at radius 2 is 1.79 bits per heavy atom. The van der Waals surface area contributed by atoms with Gasteiger partial charge >= 0.3 is 11.9 Å². The molecule has 1 aliphatic carbocycles. The number of ether oxygens (including phenoxy) is 1. The molecule has 2 fully saturated rings. The molecular weight excluding hydrogens is 539 g/mol. The van der Waals surface area contributed by atoms with E-state index in [0.717, 1.165) is 29.7 Å². The monoisotopic (exact) mass is 563 g/mol. The molecule has 39 heavy (non-hydrogen) atoms. The lowest BCUT2D eigenvalue weighted by atomic mass is 10.0. The third-order valence-corrected chi connectivity index (χ3v) is 6.85. The van der Waals surface area contributed by atoms with E-state index in [0.29, 0.717) is 16.4 Å². The van der Waals surface area contributed by atoms with Crippen LogP contribution >= 0.6 is 11.6 Å². The molecule has 2 aliphatic rings. The number of carbonyl (C=O) groups is 2. The van der Waals surface area contributed by atoms with Gasteiger partial charge in [0.05, 0.1) is 18.8 Å². The molecule has 0 bridgehead atoms. The molecule has 9 nitrogen and oxygen atoms in total. The van der Waals surface area contributed by atoms with Gasteiger partial charge in [-0.15, -0.1) is 5.10 Å². The smallest absolute Gasteiger partial charge is 0.378 e. The average molecular weight is 564 g/mol. The van der Waals surface area contributed by atoms with E-state index < -0.39 is 41.8 Å². The maximum atomic E-state index is 13.4. The molecule has 1 unspecified atom stereocenters. The van der Waals surface area contributed by atoms with Gasteiger partial charge in [-0.3, -0.25) is 14.2 Å². The average Bonchev–Trinajstić information content (AvgIpc) is 3.71. The second kappa shape index (κ2) is 10.9. The number of hydrogen-bond acceptors (Lipinski definition) is 5. The largest absolute Gasteiger partial charge is 0.416 e. The molecule has 13 heteroatoms. The van der Waals surface area contributed by atoms with Crippen molar-refractivity contribution >= 4 is 23.4 Å². The van der Waals surface area contributed by atoms with Gasteiger partial charge in [0, 0.05) is 29.7 Å². The zero-order chi connectivity index (χ0) is 27.7. The first-order valence-corrected chi connectivity index (χ1v) is 12.8. The Morgan fingerprint density at radius 3 is 2.44 bits per heavy atom. The minimum absolute atomic E-state index is 0.0209. The lowest BCUT2D eigenvalue weighted by molar-refractivity contribution is -0.141. The predicted octanol–water partition coefficient (Wildman–Crippen LogP) is 3.44. The number of aromatic nitrogens is 3. The van der Waals surface area contributed by atoms with Crippen molar-refractivity contribution in [1.29, 1.82) is 0 Å². The normalized spacial score (nSPS) is 16.7. The number of halogens is 4. The molecule has 2 amide bonds. The molecule has 2 heterocycles. The first-order valence-electron chi connectivity index (χ1n) is 12.4. The minimum Gasteiger partial charge on any atom is -0.378 e. The van der Waals surface area contributed by atoms with Crippen molar-refractivity contribution in [3.8, 4) is 11.4 Å². The zero-order valence-corrected chi connectivity index (χ0v) is 21.4. The molecule has 1 atom stereocenters. The number of carbonyl (C=O) groups excluding carboxylic acids is 2. The fourth-order valence-corrected chi connectivity index (χ4v) is 4.60. The highest BCUT2D eigenvalue weighted by molar-refractivity contribution is 6.30. The van der Waals surface area contributed by atoms with Crippen LogP contribution in [0.1, 0.15) is 36.1 Å². The van der Waals surface area contributed by atoms with E-state index in [2.05, 4.69) is 10.4 Å². The fraction of sp³-hybridized carbons (Fsp3) is 0.385. The molecule has 0 spiro atoms. The van der Waals surface area contributed by atoms with Gasteiger partial charge in [-0.2, -0.15) is 13.2 Å². The Hall–Kier alpha value is -3.64. The van der Waals surface area contributed by atoms with Gasteiger partial charge in [-0.1, -0.05) is 23.7 Å². The summed E-state index contributed by atoms with van der Waals surface area (Å²) in [4.78, 5) is 41.1. The van der Waals surface area contributed by atoms with Crippen LogP contribution in [0.4, 0.5) is 13.2 Å². The summed E-state index contributed by atoms with van der Waals surface area (Å²) >= 11 is 5.99. The summed E-state index contributed by atoms with van der Waals surface area (Å²) in [7, 11) is 0. The van der Waals surface area contributed by atoms with Crippen molar-refractivity contribution in [3.05, 3.63) is 75.2 Å². The van der Waals surface area contributed by atoms with E-state index in [1.54, 1.807) is 24.3 Å². The third kappa shape index (κ3) is 6.01. The lowest BCUT2D eigenvalue weighted by Gasteiger charge is -2.31. The number of alkyl halides is 3. The Balaban J connectivity index is 1.43. The first kappa shape index (κ1) is 26.9.